The molecule has 0 aliphatic heterocycles. The number of ether oxygens (including phenoxy) is 2. The van der Waals surface area contributed by atoms with Gasteiger partial charge in [0.15, 0.2) is 0 Å². The van der Waals surface area contributed by atoms with Gasteiger partial charge >= 0.3 is 41.5 Å². The van der Waals surface area contributed by atoms with Crippen molar-refractivity contribution < 1.29 is 63.6 Å². The fraction of sp³-hybridized carbons (Fsp3) is 0.571. The molecule has 2 aromatic carbocycles. The van der Waals surface area contributed by atoms with Crippen LogP contribution in [0.25, 0.3) is 0 Å². The number of hydrogen-bond donors (Lipinski definition) is 2. The molecular formula is C35H52ClN2NaO7. The maximum absolute atomic E-state index is 12.1. The quantitative estimate of drug-likeness (QED) is 0.122. The summed E-state index contributed by atoms with van der Waals surface area (Å²) >= 11 is 0. The topological polar surface area (TPSA) is 126 Å². The molecule has 46 heavy (non-hydrogen) atoms. The van der Waals surface area contributed by atoms with E-state index in [2.05, 4.69) is 77.9 Å². The van der Waals surface area contributed by atoms with Gasteiger partial charge in [0.2, 0.25) is 0 Å². The second-order valence-corrected chi connectivity index (χ2v) is 11.3. The van der Waals surface area contributed by atoms with Crippen molar-refractivity contribution in [1.29, 1.82) is 0 Å². The van der Waals surface area contributed by atoms with Gasteiger partial charge in [-0.05, 0) is 64.5 Å². The van der Waals surface area contributed by atoms with E-state index in [1.54, 1.807) is 0 Å². The van der Waals surface area contributed by atoms with E-state index in [0.717, 1.165) is 38.5 Å². The summed E-state index contributed by atoms with van der Waals surface area (Å²) in [5.41, 5.74) is 2.53. The molecule has 0 saturated heterocycles. The number of carbonyl (C=O) groups excluding carboxylic acids is 3. The third-order valence-corrected chi connectivity index (χ3v) is 8.28. The average molecular weight is 671 g/mol. The van der Waals surface area contributed by atoms with Gasteiger partial charge in [-0.25, -0.2) is 0 Å². The maximum atomic E-state index is 12.1. The van der Waals surface area contributed by atoms with E-state index < -0.39 is 0 Å². The molecule has 2 fully saturated rings. The Morgan fingerprint density at radius 2 is 1.07 bits per heavy atom. The summed E-state index contributed by atoms with van der Waals surface area (Å²) in [6.07, 6.45) is 8.63. The normalized spacial score (nSPS) is 21.4. The predicted octanol–water partition coefficient (Wildman–Crippen LogP) is 2.78. The van der Waals surface area contributed by atoms with Crippen LogP contribution in [0.2, 0.25) is 0 Å². The van der Waals surface area contributed by atoms with Crippen molar-refractivity contribution in [3.05, 3.63) is 71.8 Å². The van der Waals surface area contributed by atoms with E-state index >= 15 is 0 Å². The second-order valence-electron chi connectivity index (χ2n) is 11.3. The first-order valence-electron chi connectivity index (χ1n) is 16.0. The first-order valence-corrected chi connectivity index (χ1v) is 16.0. The Hall–Kier alpha value is -1.98. The average Bonchev–Trinajstić information content (AvgIpc) is 3.06. The minimum Gasteiger partial charge on any atom is -0.662 e. The number of halogens is 1. The van der Waals surface area contributed by atoms with Crippen LogP contribution in [0, 0.1) is 11.8 Å². The van der Waals surface area contributed by atoms with Crippen molar-refractivity contribution >= 4 is 30.8 Å². The zero-order valence-electron chi connectivity index (χ0n) is 28.2. The number of carbonyl (C=O) groups is 3. The third kappa shape index (κ3) is 15.7. The Morgan fingerprint density at radius 1 is 0.739 bits per heavy atom. The van der Waals surface area contributed by atoms with E-state index in [4.69, 9.17) is 19.5 Å². The number of nitrogens with one attached hydrogen (secondary N) is 2. The molecule has 2 aliphatic carbocycles. The van der Waals surface area contributed by atoms with Gasteiger partial charge in [-0.15, -0.1) is 12.4 Å². The summed E-state index contributed by atoms with van der Waals surface area (Å²) in [4.78, 5) is 35.4. The number of esters is 2. The van der Waals surface area contributed by atoms with Crippen LogP contribution in [0.3, 0.4) is 0 Å². The van der Waals surface area contributed by atoms with Crippen LogP contribution in [-0.2, 0) is 28.7 Å². The van der Waals surface area contributed by atoms with Gasteiger partial charge in [-0.2, -0.15) is 0 Å². The van der Waals surface area contributed by atoms with Crippen molar-refractivity contribution in [2.24, 2.45) is 11.8 Å². The second kappa shape index (κ2) is 26.0. The summed E-state index contributed by atoms with van der Waals surface area (Å²) in [7, 11) is 0. The van der Waals surface area contributed by atoms with Gasteiger partial charge in [0.05, 0.1) is 25.0 Å². The molecule has 0 aromatic heterocycles. The van der Waals surface area contributed by atoms with E-state index in [1.807, 2.05) is 26.0 Å². The molecule has 0 spiro atoms. The molecule has 2 aliphatic rings. The molecule has 2 saturated carbocycles. The van der Waals surface area contributed by atoms with Crippen LogP contribution < -0.4 is 45.4 Å². The van der Waals surface area contributed by atoms with Crippen molar-refractivity contribution in [2.75, 3.05) is 13.2 Å². The molecular weight excluding hydrogens is 619 g/mol. The summed E-state index contributed by atoms with van der Waals surface area (Å²) in [6, 6.07) is 21.8. The van der Waals surface area contributed by atoms with Gasteiger partial charge in [0, 0.05) is 24.2 Å². The number of rotatable bonds is 11. The molecule has 4 rings (SSSR count). The SMILES string of the molecule is CCOC(=O)[C@@H]1CCCC[C@H]1N[C@H](C)c1ccccc1.CCOC(=O)[C@@H]1CCCC[C@H]1N[C@H](C)c1ccccc1.Cl.O=CO[O-].[Na+]. The molecule has 0 bridgehead atoms. The smallest absolute Gasteiger partial charge is 0.662 e. The van der Waals surface area contributed by atoms with Gasteiger partial charge in [-0.3, -0.25) is 14.4 Å². The summed E-state index contributed by atoms with van der Waals surface area (Å²) < 4.78 is 10.4. The fourth-order valence-electron chi connectivity index (χ4n) is 6.04. The monoisotopic (exact) mass is 670 g/mol. The minimum atomic E-state index is -0.181. The van der Waals surface area contributed by atoms with Gasteiger partial charge in [0.25, 0.3) is 6.47 Å². The standard InChI is InChI=1S/2C17H25NO2.CH2O3.ClH.Na/c2*1-3-20-17(19)15-11-7-8-12-16(15)18-13(2)14-9-5-4-6-10-14;2-1-4-3;;/h2*4-6,9-10,13,15-16,18H,3,7-8,11-12H2,1-2H3;1,3H;1H;/q;;;;+1/p-1/t2*13-,15-,16-;;;/m11.../s1. The zero-order valence-corrected chi connectivity index (χ0v) is 31.0. The molecule has 6 atom stereocenters. The summed E-state index contributed by atoms with van der Waals surface area (Å²) in [6.45, 7) is 8.82. The molecule has 252 valence electrons. The first kappa shape index (κ1) is 44.0. The van der Waals surface area contributed by atoms with Crippen molar-refractivity contribution in [2.45, 2.75) is 103 Å². The molecule has 0 heterocycles. The Morgan fingerprint density at radius 3 is 1.37 bits per heavy atom. The molecule has 0 unspecified atom stereocenters. The van der Waals surface area contributed by atoms with Crippen LogP contribution >= 0.6 is 12.4 Å². The summed E-state index contributed by atoms with van der Waals surface area (Å²) in [5.74, 6) is -0.0559. The largest absolute Gasteiger partial charge is 1.00 e. The molecule has 0 radical (unpaired) electrons. The van der Waals surface area contributed by atoms with E-state index in [-0.39, 0.29) is 96.4 Å². The first-order chi connectivity index (χ1) is 21.4. The van der Waals surface area contributed by atoms with Crippen molar-refractivity contribution in [3.63, 3.8) is 0 Å². The van der Waals surface area contributed by atoms with E-state index in [1.165, 1.54) is 24.0 Å². The predicted molar refractivity (Wildman–Crippen MR) is 175 cm³/mol. The molecule has 9 nitrogen and oxygen atoms in total. The van der Waals surface area contributed by atoms with Gasteiger partial charge in [0.1, 0.15) is 0 Å². The van der Waals surface area contributed by atoms with Crippen molar-refractivity contribution in [3.8, 4) is 0 Å². The Kier molecular flexibility index (Phi) is 24.9. The number of hydrogen-bond acceptors (Lipinski definition) is 9. The number of benzene rings is 2. The minimum absolute atomic E-state index is 0. The zero-order chi connectivity index (χ0) is 32.2. The molecule has 2 N–H and O–H groups in total. The maximum Gasteiger partial charge on any atom is 1.00 e. The Balaban J connectivity index is 0.000000759. The third-order valence-electron chi connectivity index (χ3n) is 8.28. The Bertz CT molecular complexity index is 1000. The van der Waals surface area contributed by atoms with Crippen LogP contribution in [0.15, 0.2) is 60.7 Å². The van der Waals surface area contributed by atoms with E-state index in [0.29, 0.717) is 13.2 Å². The Labute approximate surface area is 303 Å². The van der Waals surface area contributed by atoms with Crippen molar-refractivity contribution in [1.82, 2.24) is 10.6 Å². The van der Waals surface area contributed by atoms with Crippen LogP contribution in [0.4, 0.5) is 0 Å². The van der Waals surface area contributed by atoms with Crippen LogP contribution in [0.1, 0.15) is 102 Å². The van der Waals surface area contributed by atoms with Gasteiger partial charge < -0.3 is 30.3 Å². The van der Waals surface area contributed by atoms with Gasteiger partial charge in [-0.1, -0.05) is 86.3 Å². The fourth-order valence-corrected chi connectivity index (χ4v) is 6.04. The van der Waals surface area contributed by atoms with E-state index in [9.17, 15) is 9.59 Å². The summed E-state index contributed by atoms with van der Waals surface area (Å²) in [5, 5.41) is 15.7. The van der Waals surface area contributed by atoms with Crippen LogP contribution in [-0.4, -0.2) is 43.7 Å². The molecule has 11 heteroatoms. The molecule has 0 amide bonds. The molecule has 2 aromatic rings. The van der Waals surface area contributed by atoms with Crippen LogP contribution in [0.5, 0.6) is 0 Å².